The maximum Gasteiger partial charge on any atom is 0.345 e. The quantitative estimate of drug-likeness (QED) is 0.525. The van der Waals surface area contributed by atoms with Gasteiger partial charge >= 0.3 is 11.9 Å². The maximum atomic E-state index is 14.5. The molecule has 5 nitrogen and oxygen atoms in total. The van der Waals surface area contributed by atoms with Crippen LogP contribution >= 0.6 is 7.14 Å². The number of ether oxygens (including phenoxy) is 1. The third-order valence-electron chi connectivity index (χ3n) is 4.49. The second-order valence-corrected chi connectivity index (χ2v) is 9.42. The standard InChI is InChI=1S/C21H25O5P/c1-3-4-15-19(20(21(23)24)26-16(2)22)27(25,17-11-7-5-8-12-17)18-13-9-6-10-14-18/h5-14,19-20H,3-4,15H2,1-2H3,(H,23,24)/t19-,20-/m1/s1. The Hall–Kier alpha value is -2.39. The van der Waals surface area contributed by atoms with Gasteiger partial charge in [-0.1, -0.05) is 80.4 Å². The predicted molar refractivity (Wildman–Crippen MR) is 106 cm³/mol. The van der Waals surface area contributed by atoms with Crippen molar-refractivity contribution in [1.29, 1.82) is 0 Å². The molecule has 0 saturated carbocycles. The van der Waals surface area contributed by atoms with Gasteiger partial charge in [-0.2, -0.15) is 0 Å². The van der Waals surface area contributed by atoms with E-state index in [1.165, 1.54) is 6.92 Å². The smallest absolute Gasteiger partial charge is 0.345 e. The first-order chi connectivity index (χ1) is 12.9. The molecule has 0 aliphatic heterocycles. The Morgan fingerprint density at radius 2 is 1.48 bits per heavy atom. The van der Waals surface area contributed by atoms with Crippen LogP contribution in [0.1, 0.15) is 33.1 Å². The number of hydrogen-bond donors (Lipinski definition) is 1. The third kappa shape index (κ3) is 4.86. The molecule has 144 valence electrons. The van der Waals surface area contributed by atoms with Crippen LogP contribution in [0.4, 0.5) is 0 Å². The minimum atomic E-state index is -3.39. The fourth-order valence-corrected chi connectivity index (χ4v) is 6.65. The van der Waals surface area contributed by atoms with Crippen molar-refractivity contribution in [2.75, 3.05) is 0 Å². The molecule has 2 rings (SSSR count). The molecule has 0 aliphatic carbocycles. The van der Waals surface area contributed by atoms with E-state index >= 15 is 0 Å². The van der Waals surface area contributed by atoms with E-state index in [9.17, 15) is 19.3 Å². The molecular formula is C21H25O5P. The largest absolute Gasteiger partial charge is 0.478 e. The first-order valence-corrected chi connectivity index (χ1v) is 10.8. The van der Waals surface area contributed by atoms with Crippen LogP contribution in [0.2, 0.25) is 0 Å². The van der Waals surface area contributed by atoms with E-state index in [2.05, 4.69) is 0 Å². The number of hydrogen-bond acceptors (Lipinski definition) is 4. The molecular weight excluding hydrogens is 363 g/mol. The van der Waals surface area contributed by atoms with Gasteiger partial charge in [0.2, 0.25) is 6.10 Å². The molecule has 2 atom stereocenters. The molecule has 27 heavy (non-hydrogen) atoms. The number of esters is 1. The van der Waals surface area contributed by atoms with E-state index in [4.69, 9.17) is 4.74 Å². The summed E-state index contributed by atoms with van der Waals surface area (Å²) in [6, 6.07) is 17.8. The van der Waals surface area contributed by atoms with Crippen LogP contribution in [0.5, 0.6) is 0 Å². The Morgan fingerprint density at radius 1 is 1.00 bits per heavy atom. The maximum absolute atomic E-state index is 14.5. The van der Waals surface area contributed by atoms with Crippen LogP contribution in [-0.4, -0.2) is 28.8 Å². The van der Waals surface area contributed by atoms with Crippen molar-refractivity contribution >= 4 is 29.7 Å². The topological polar surface area (TPSA) is 80.7 Å². The molecule has 0 heterocycles. The van der Waals surface area contributed by atoms with E-state index in [0.717, 1.165) is 6.42 Å². The lowest BCUT2D eigenvalue weighted by Gasteiger charge is -2.32. The molecule has 2 aromatic rings. The summed E-state index contributed by atoms with van der Waals surface area (Å²) in [6.07, 6.45) is 0.397. The molecule has 0 aliphatic rings. The zero-order chi connectivity index (χ0) is 19.9. The number of benzene rings is 2. The van der Waals surface area contributed by atoms with Gasteiger partial charge < -0.3 is 14.4 Å². The van der Waals surface area contributed by atoms with Gasteiger partial charge in [0.15, 0.2) is 0 Å². The Balaban J connectivity index is 2.68. The summed E-state index contributed by atoms with van der Waals surface area (Å²) in [6.45, 7) is 3.15. The van der Waals surface area contributed by atoms with Gasteiger partial charge in [0.25, 0.3) is 0 Å². The number of carbonyl (C=O) groups excluding carboxylic acids is 1. The van der Waals surface area contributed by atoms with Gasteiger partial charge in [0.05, 0.1) is 5.66 Å². The lowest BCUT2D eigenvalue weighted by molar-refractivity contribution is -0.162. The van der Waals surface area contributed by atoms with Crippen molar-refractivity contribution in [1.82, 2.24) is 0 Å². The van der Waals surface area contributed by atoms with Crippen LogP contribution in [-0.2, 0) is 18.9 Å². The summed E-state index contributed by atoms with van der Waals surface area (Å²) in [4.78, 5) is 23.5. The molecule has 0 amide bonds. The van der Waals surface area contributed by atoms with E-state index in [1.807, 2.05) is 19.1 Å². The zero-order valence-electron chi connectivity index (χ0n) is 15.6. The number of carbonyl (C=O) groups is 2. The molecule has 0 radical (unpaired) electrons. The monoisotopic (exact) mass is 388 g/mol. The fourth-order valence-electron chi connectivity index (χ4n) is 3.24. The highest BCUT2D eigenvalue weighted by Gasteiger charge is 2.45. The summed E-state index contributed by atoms with van der Waals surface area (Å²) >= 11 is 0. The average molecular weight is 388 g/mol. The fraction of sp³-hybridized carbons (Fsp3) is 0.333. The number of rotatable bonds is 9. The Labute approximate surface area is 159 Å². The van der Waals surface area contributed by atoms with E-state index < -0.39 is 30.8 Å². The normalized spacial score (nSPS) is 13.6. The van der Waals surface area contributed by atoms with E-state index in [1.54, 1.807) is 48.5 Å². The average Bonchev–Trinajstić information content (AvgIpc) is 2.68. The highest BCUT2D eigenvalue weighted by molar-refractivity contribution is 7.79. The zero-order valence-corrected chi connectivity index (χ0v) is 16.5. The van der Waals surface area contributed by atoms with Gasteiger partial charge in [-0.25, -0.2) is 4.79 Å². The van der Waals surface area contributed by atoms with Crippen molar-refractivity contribution < 1.29 is 24.0 Å². The Morgan fingerprint density at radius 3 is 1.85 bits per heavy atom. The first-order valence-electron chi connectivity index (χ1n) is 9.02. The molecule has 0 bridgehead atoms. The van der Waals surface area contributed by atoms with Crippen molar-refractivity contribution in [2.24, 2.45) is 0 Å². The number of unbranched alkanes of at least 4 members (excludes halogenated alkanes) is 1. The van der Waals surface area contributed by atoms with Crippen LogP contribution in [0.3, 0.4) is 0 Å². The highest BCUT2D eigenvalue weighted by atomic mass is 31.2. The van der Waals surface area contributed by atoms with E-state index in [-0.39, 0.29) is 0 Å². The summed E-state index contributed by atoms with van der Waals surface area (Å²) in [7, 11) is -3.39. The third-order valence-corrected chi connectivity index (χ3v) is 8.08. The molecule has 0 unspecified atom stereocenters. The minimum absolute atomic E-state index is 0.377. The Kier molecular flexibility index (Phi) is 7.37. The van der Waals surface area contributed by atoms with Crippen LogP contribution in [0, 0.1) is 0 Å². The van der Waals surface area contributed by atoms with Gasteiger partial charge in [0, 0.05) is 17.5 Å². The van der Waals surface area contributed by atoms with Crippen LogP contribution < -0.4 is 10.6 Å². The molecule has 0 fully saturated rings. The molecule has 0 saturated heterocycles. The molecule has 0 aromatic heterocycles. The van der Waals surface area contributed by atoms with Gasteiger partial charge in [-0.05, 0) is 6.42 Å². The summed E-state index contributed by atoms with van der Waals surface area (Å²) < 4.78 is 19.6. The first kappa shape index (κ1) is 20.9. The minimum Gasteiger partial charge on any atom is -0.478 e. The Bertz CT molecular complexity index is 760. The molecule has 1 N–H and O–H groups in total. The highest BCUT2D eigenvalue weighted by Crippen LogP contribution is 2.52. The molecule has 0 spiro atoms. The summed E-state index contributed by atoms with van der Waals surface area (Å²) in [5.74, 6) is -1.98. The number of carboxylic acid groups (broad SMARTS) is 1. The predicted octanol–water partition coefficient (Wildman–Crippen LogP) is 3.58. The van der Waals surface area contributed by atoms with Gasteiger partial charge in [-0.3, -0.25) is 4.79 Å². The summed E-state index contributed by atoms with van der Waals surface area (Å²) in [5, 5.41) is 10.9. The van der Waals surface area contributed by atoms with Crippen LogP contribution in [0.25, 0.3) is 0 Å². The SMILES string of the molecule is CCCC[C@H]([C@@H](OC(C)=O)C(=O)O)P(=O)(c1ccccc1)c1ccccc1. The van der Waals surface area contributed by atoms with Crippen molar-refractivity contribution in [2.45, 2.75) is 44.9 Å². The lowest BCUT2D eigenvalue weighted by Crippen LogP contribution is -2.42. The molecule has 2 aromatic carbocycles. The van der Waals surface area contributed by atoms with E-state index in [0.29, 0.717) is 23.5 Å². The van der Waals surface area contributed by atoms with Gasteiger partial charge in [-0.15, -0.1) is 0 Å². The second-order valence-electron chi connectivity index (χ2n) is 6.41. The van der Waals surface area contributed by atoms with Crippen molar-refractivity contribution in [3.8, 4) is 0 Å². The number of aliphatic carboxylic acids is 1. The van der Waals surface area contributed by atoms with Crippen LogP contribution in [0.15, 0.2) is 60.7 Å². The molecule has 6 heteroatoms. The van der Waals surface area contributed by atoms with Gasteiger partial charge in [0.1, 0.15) is 7.14 Å². The van der Waals surface area contributed by atoms with Crippen molar-refractivity contribution in [3.05, 3.63) is 60.7 Å². The lowest BCUT2D eigenvalue weighted by atomic mass is 10.1. The summed E-state index contributed by atoms with van der Waals surface area (Å²) in [5.41, 5.74) is -0.844. The second kappa shape index (κ2) is 9.52. The van der Waals surface area contributed by atoms with Crippen molar-refractivity contribution in [3.63, 3.8) is 0 Å². The number of carboxylic acids is 1.